The third-order valence-electron chi connectivity index (χ3n) is 3.69. The molecule has 1 atom stereocenters. The average Bonchev–Trinajstić information content (AvgIpc) is 3.11. The number of nitrogens with one attached hydrogen (secondary N) is 2. The van der Waals surface area contributed by atoms with Crippen LogP contribution in [-0.2, 0) is 4.79 Å². The average molecular weight is 287 g/mol. The topological polar surface area (TPSA) is 54.0 Å². The largest absolute Gasteiger partial charge is 0.324 e. The molecular formula is C15H17N3OS. The lowest BCUT2D eigenvalue weighted by Crippen LogP contribution is -2.47. The van der Waals surface area contributed by atoms with Crippen LogP contribution in [0.25, 0.3) is 10.6 Å². The van der Waals surface area contributed by atoms with Crippen molar-refractivity contribution in [2.24, 2.45) is 0 Å². The van der Waals surface area contributed by atoms with E-state index < -0.39 is 5.54 Å². The van der Waals surface area contributed by atoms with E-state index in [1.807, 2.05) is 36.6 Å². The van der Waals surface area contributed by atoms with E-state index in [-0.39, 0.29) is 5.91 Å². The standard InChI is InChI=1S/C15H17N3OS/c1-15(7-2-8-17-15)14(19)18-12-5-3-11(4-6-12)13-16-9-10-20-13/h3-6,9-10,17H,2,7-8H2,1H3,(H,18,19). The van der Waals surface area contributed by atoms with Crippen LogP contribution in [0.2, 0.25) is 0 Å². The van der Waals surface area contributed by atoms with E-state index in [1.54, 1.807) is 17.5 Å². The van der Waals surface area contributed by atoms with Crippen LogP contribution >= 0.6 is 11.3 Å². The molecular weight excluding hydrogens is 270 g/mol. The van der Waals surface area contributed by atoms with E-state index in [0.717, 1.165) is 35.6 Å². The Morgan fingerprint density at radius 3 is 2.80 bits per heavy atom. The first-order valence-corrected chi connectivity index (χ1v) is 7.62. The van der Waals surface area contributed by atoms with Crippen molar-refractivity contribution in [1.29, 1.82) is 0 Å². The van der Waals surface area contributed by atoms with E-state index in [1.165, 1.54) is 0 Å². The Bertz CT molecular complexity index is 586. The van der Waals surface area contributed by atoms with Crippen LogP contribution in [0, 0.1) is 0 Å². The molecule has 1 aromatic carbocycles. The van der Waals surface area contributed by atoms with Gasteiger partial charge in [0.15, 0.2) is 0 Å². The molecule has 5 heteroatoms. The maximum Gasteiger partial charge on any atom is 0.244 e. The third kappa shape index (κ3) is 2.59. The second-order valence-electron chi connectivity index (χ2n) is 5.23. The highest BCUT2D eigenvalue weighted by molar-refractivity contribution is 7.13. The van der Waals surface area contributed by atoms with Gasteiger partial charge in [0, 0.05) is 22.8 Å². The molecule has 4 nitrogen and oxygen atoms in total. The van der Waals surface area contributed by atoms with Gasteiger partial charge in [-0.2, -0.15) is 0 Å². The first-order chi connectivity index (χ1) is 9.67. The lowest BCUT2D eigenvalue weighted by atomic mass is 9.99. The van der Waals surface area contributed by atoms with Gasteiger partial charge in [0.05, 0.1) is 5.54 Å². The summed E-state index contributed by atoms with van der Waals surface area (Å²) in [4.78, 5) is 16.5. The predicted molar refractivity (Wildman–Crippen MR) is 81.8 cm³/mol. The van der Waals surface area contributed by atoms with Crippen LogP contribution in [0.5, 0.6) is 0 Å². The van der Waals surface area contributed by atoms with Crippen LogP contribution in [0.1, 0.15) is 19.8 Å². The zero-order valence-electron chi connectivity index (χ0n) is 11.3. The van der Waals surface area contributed by atoms with Crippen molar-refractivity contribution < 1.29 is 4.79 Å². The Balaban J connectivity index is 1.71. The number of nitrogens with zero attached hydrogens (tertiary/aromatic N) is 1. The molecule has 104 valence electrons. The van der Waals surface area contributed by atoms with E-state index in [9.17, 15) is 4.79 Å². The minimum absolute atomic E-state index is 0.0389. The van der Waals surface area contributed by atoms with Gasteiger partial charge in [0.2, 0.25) is 5.91 Å². The normalized spacial score (nSPS) is 21.9. The van der Waals surface area contributed by atoms with Gasteiger partial charge in [-0.1, -0.05) is 0 Å². The van der Waals surface area contributed by atoms with Crippen LogP contribution < -0.4 is 10.6 Å². The molecule has 0 spiro atoms. The van der Waals surface area contributed by atoms with Gasteiger partial charge in [-0.05, 0) is 50.6 Å². The summed E-state index contributed by atoms with van der Waals surface area (Å²) in [6.07, 6.45) is 3.73. The summed E-state index contributed by atoms with van der Waals surface area (Å²) < 4.78 is 0. The molecule has 1 aliphatic heterocycles. The zero-order valence-corrected chi connectivity index (χ0v) is 12.2. The summed E-state index contributed by atoms with van der Waals surface area (Å²) in [7, 11) is 0. The van der Waals surface area contributed by atoms with Crippen molar-refractivity contribution in [2.45, 2.75) is 25.3 Å². The lowest BCUT2D eigenvalue weighted by Gasteiger charge is -2.23. The van der Waals surface area contributed by atoms with Gasteiger partial charge >= 0.3 is 0 Å². The summed E-state index contributed by atoms with van der Waals surface area (Å²) in [5, 5.41) is 9.19. The molecule has 0 radical (unpaired) electrons. The summed E-state index contributed by atoms with van der Waals surface area (Å²) in [5.41, 5.74) is 1.46. The van der Waals surface area contributed by atoms with E-state index in [4.69, 9.17) is 0 Å². The highest BCUT2D eigenvalue weighted by atomic mass is 32.1. The number of hydrogen-bond acceptors (Lipinski definition) is 4. The number of aromatic nitrogens is 1. The van der Waals surface area contributed by atoms with Crippen LogP contribution in [-0.4, -0.2) is 23.0 Å². The fourth-order valence-electron chi connectivity index (χ4n) is 2.42. The summed E-state index contributed by atoms with van der Waals surface area (Å²) >= 11 is 1.61. The van der Waals surface area contributed by atoms with Crippen molar-refractivity contribution in [3.05, 3.63) is 35.8 Å². The quantitative estimate of drug-likeness (QED) is 0.912. The molecule has 1 aliphatic rings. The Morgan fingerprint density at radius 2 is 2.20 bits per heavy atom. The van der Waals surface area contributed by atoms with Gasteiger partial charge in [-0.3, -0.25) is 4.79 Å². The molecule has 2 aromatic rings. The van der Waals surface area contributed by atoms with Crippen LogP contribution in [0.3, 0.4) is 0 Å². The van der Waals surface area contributed by atoms with Gasteiger partial charge in [-0.15, -0.1) is 11.3 Å². The first-order valence-electron chi connectivity index (χ1n) is 6.74. The number of hydrogen-bond donors (Lipinski definition) is 2. The number of thiazole rings is 1. The Labute approximate surface area is 122 Å². The van der Waals surface area contributed by atoms with Crippen molar-refractivity contribution in [3.63, 3.8) is 0 Å². The van der Waals surface area contributed by atoms with Crippen LogP contribution in [0.4, 0.5) is 5.69 Å². The Morgan fingerprint density at radius 1 is 1.40 bits per heavy atom. The third-order valence-corrected chi connectivity index (χ3v) is 4.51. The molecule has 2 N–H and O–H groups in total. The molecule has 2 heterocycles. The molecule has 1 fully saturated rings. The van der Waals surface area contributed by atoms with Gasteiger partial charge in [0.1, 0.15) is 5.01 Å². The lowest BCUT2D eigenvalue weighted by molar-refractivity contribution is -0.121. The first kappa shape index (κ1) is 13.3. The fraction of sp³-hybridized carbons (Fsp3) is 0.333. The highest BCUT2D eigenvalue weighted by Crippen LogP contribution is 2.25. The molecule has 1 unspecified atom stereocenters. The van der Waals surface area contributed by atoms with E-state index in [2.05, 4.69) is 15.6 Å². The maximum absolute atomic E-state index is 12.3. The van der Waals surface area contributed by atoms with Gasteiger partial charge in [-0.25, -0.2) is 4.98 Å². The second kappa shape index (κ2) is 5.34. The van der Waals surface area contributed by atoms with Crippen LogP contribution in [0.15, 0.2) is 35.8 Å². The van der Waals surface area contributed by atoms with E-state index in [0.29, 0.717) is 0 Å². The van der Waals surface area contributed by atoms with Crippen molar-refractivity contribution in [1.82, 2.24) is 10.3 Å². The molecule has 0 saturated carbocycles. The maximum atomic E-state index is 12.3. The van der Waals surface area contributed by atoms with Crippen molar-refractivity contribution >= 4 is 22.9 Å². The summed E-state index contributed by atoms with van der Waals surface area (Å²) in [6.45, 7) is 2.87. The number of rotatable bonds is 3. The molecule has 1 saturated heterocycles. The highest BCUT2D eigenvalue weighted by Gasteiger charge is 2.35. The molecule has 0 bridgehead atoms. The number of carbonyl (C=O) groups excluding carboxylic acids is 1. The number of benzene rings is 1. The van der Waals surface area contributed by atoms with Crippen molar-refractivity contribution in [3.8, 4) is 10.6 Å². The Kier molecular flexibility index (Phi) is 3.54. The second-order valence-corrected chi connectivity index (χ2v) is 6.13. The van der Waals surface area contributed by atoms with Gasteiger partial charge < -0.3 is 10.6 Å². The molecule has 3 rings (SSSR count). The summed E-state index contributed by atoms with van der Waals surface area (Å²) in [6, 6.07) is 7.82. The van der Waals surface area contributed by atoms with E-state index >= 15 is 0 Å². The zero-order chi connectivity index (χ0) is 14.0. The molecule has 1 aromatic heterocycles. The SMILES string of the molecule is CC1(C(=O)Nc2ccc(-c3nccs3)cc2)CCCN1. The molecule has 0 aliphatic carbocycles. The molecule has 1 amide bonds. The molecule has 20 heavy (non-hydrogen) atoms. The fourth-order valence-corrected chi connectivity index (χ4v) is 3.06. The minimum Gasteiger partial charge on any atom is -0.324 e. The number of anilines is 1. The van der Waals surface area contributed by atoms with Gasteiger partial charge in [0.25, 0.3) is 0 Å². The minimum atomic E-state index is -0.437. The number of amides is 1. The number of carbonyl (C=O) groups is 1. The smallest absolute Gasteiger partial charge is 0.244 e. The summed E-state index contributed by atoms with van der Waals surface area (Å²) in [5.74, 6) is 0.0389. The predicted octanol–water partition coefficient (Wildman–Crippen LogP) is 2.89. The Hall–Kier alpha value is -1.72. The monoisotopic (exact) mass is 287 g/mol. The van der Waals surface area contributed by atoms with Crippen molar-refractivity contribution in [2.75, 3.05) is 11.9 Å².